The molecule has 0 saturated carbocycles. The van der Waals surface area contributed by atoms with Gasteiger partial charge in [-0.15, -0.1) is 11.3 Å². The van der Waals surface area contributed by atoms with Crippen LogP contribution in [0.25, 0.3) is 10.2 Å². The molecule has 0 unspecified atom stereocenters. The number of nitrogens with zero attached hydrogens (tertiary/aromatic N) is 3. The van der Waals surface area contributed by atoms with E-state index in [1.54, 1.807) is 13.2 Å². The van der Waals surface area contributed by atoms with E-state index in [0.717, 1.165) is 11.4 Å². The molecule has 6 nitrogen and oxygen atoms in total. The number of carbonyl (C=O) groups excluding carboxylic acids is 1. The molecule has 7 heteroatoms. The number of thiophene rings is 1. The maximum Gasteiger partial charge on any atom is 0.262 e. The number of methoxy groups -OCH3 is 1. The van der Waals surface area contributed by atoms with E-state index >= 15 is 0 Å². The normalized spacial score (nSPS) is 11.3. The molecular formula is C17H19N3O3S. The molecule has 0 aliphatic carbocycles. The molecule has 0 N–H and O–H groups in total. The Balaban J connectivity index is 1.89. The summed E-state index contributed by atoms with van der Waals surface area (Å²) in [5.41, 5.74) is 2.36. The van der Waals surface area contributed by atoms with Crippen molar-refractivity contribution >= 4 is 27.3 Å². The topological polar surface area (TPSA) is 66.1 Å². The fourth-order valence-electron chi connectivity index (χ4n) is 2.86. The highest BCUT2D eigenvalue weighted by Crippen LogP contribution is 2.17. The summed E-state index contributed by atoms with van der Waals surface area (Å²) in [4.78, 5) is 30.0. The van der Waals surface area contributed by atoms with Crippen molar-refractivity contribution in [1.82, 2.24) is 14.1 Å². The zero-order valence-electron chi connectivity index (χ0n) is 13.9. The van der Waals surface area contributed by atoms with Crippen LogP contribution in [0.15, 0.2) is 28.6 Å². The first-order chi connectivity index (χ1) is 11.5. The van der Waals surface area contributed by atoms with Crippen LogP contribution in [0.2, 0.25) is 0 Å². The molecule has 3 heterocycles. The Bertz CT molecular complexity index is 952. The molecule has 126 valence electrons. The van der Waals surface area contributed by atoms with Gasteiger partial charge in [-0.25, -0.2) is 4.98 Å². The summed E-state index contributed by atoms with van der Waals surface area (Å²) in [5, 5.41) is 2.38. The molecule has 0 aliphatic heterocycles. The molecule has 0 radical (unpaired) electrons. The number of hydrogen-bond donors (Lipinski definition) is 0. The molecule has 3 rings (SSSR count). The van der Waals surface area contributed by atoms with Gasteiger partial charge in [-0.1, -0.05) is 0 Å². The first kappa shape index (κ1) is 16.6. The van der Waals surface area contributed by atoms with Gasteiger partial charge in [-0.05, 0) is 31.4 Å². The van der Waals surface area contributed by atoms with Crippen LogP contribution in [0.3, 0.4) is 0 Å². The van der Waals surface area contributed by atoms with Crippen LogP contribution < -0.4 is 5.56 Å². The van der Waals surface area contributed by atoms with Gasteiger partial charge < -0.3 is 9.30 Å². The van der Waals surface area contributed by atoms with Crippen molar-refractivity contribution in [3.05, 3.63) is 51.1 Å². The molecular weight excluding hydrogens is 326 g/mol. The highest BCUT2D eigenvalue weighted by atomic mass is 32.1. The average molecular weight is 345 g/mol. The number of ketones is 1. The number of hydrogen-bond acceptors (Lipinski definition) is 5. The summed E-state index contributed by atoms with van der Waals surface area (Å²) < 4.78 is 8.54. The van der Waals surface area contributed by atoms with Crippen molar-refractivity contribution in [2.24, 2.45) is 0 Å². The standard InChI is InChI=1S/C17H19N3O3S/c1-11-8-14(12(2)20(11)5-6-23-3)15(21)9-19-10-18-16-13(17(19)22)4-7-24-16/h4,7-8,10H,5-6,9H2,1-3H3. The summed E-state index contributed by atoms with van der Waals surface area (Å²) in [6.45, 7) is 5.15. The highest BCUT2D eigenvalue weighted by molar-refractivity contribution is 7.16. The number of carbonyl (C=O) groups is 1. The van der Waals surface area contributed by atoms with Gasteiger partial charge in [0.05, 0.1) is 24.9 Å². The van der Waals surface area contributed by atoms with Gasteiger partial charge in [-0.2, -0.15) is 0 Å². The lowest BCUT2D eigenvalue weighted by molar-refractivity contribution is 0.0969. The summed E-state index contributed by atoms with van der Waals surface area (Å²) in [7, 11) is 1.65. The maximum absolute atomic E-state index is 12.7. The third kappa shape index (κ3) is 2.92. The predicted molar refractivity (Wildman–Crippen MR) is 94.0 cm³/mol. The van der Waals surface area contributed by atoms with E-state index in [9.17, 15) is 9.59 Å². The van der Waals surface area contributed by atoms with Crippen molar-refractivity contribution in [2.45, 2.75) is 26.9 Å². The second kappa shape index (κ2) is 6.70. The van der Waals surface area contributed by atoms with Crippen molar-refractivity contribution in [3.63, 3.8) is 0 Å². The zero-order valence-corrected chi connectivity index (χ0v) is 14.7. The van der Waals surface area contributed by atoms with E-state index in [1.807, 2.05) is 25.3 Å². The minimum atomic E-state index is -0.178. The van der Waals surface area contributed by atoms with Crippen LogP contribution in [-0.2, 0) is 17.8 Å². The van der Waals surface area contributed by atoms with Crippen molar-refractivity contribution in [3.8, 4) is 0 Å². The van der Waals surface area contributed by atoms with Gasteiger partial charge in [0.25, 0.3) is 5.56 Å². The zero-order chi connectivity index (χ0) is 17.3. The quantitative estimate of drug-likeness (QED) is 0.644. The van der Waals surface area contributed by atoms with Crippen molar-refractivity contribution in [1.29, 1.82) is 0 Å². The lowest BCUT2D eigenvalue weighted by Crippen LogP contribution is -2.24. The number of fused-ring (bicyclic) bond motifs is 1. The molecule has 0 aromatic carbocycles. The largest absolute Gasteiger partial charge is 0.383 e. The Morgan fingerprint density at radius 2 is 2.17 bits per heavy atom. The van der Waals surface area contributed by atoms with Crippen molar-refractivity contribution in [2.75, 3.05) is 13.7 Å². The SMILES string of the molecule is COCCn1c(C)cc(C(=O)Cn2cnc3sccc3c2=O)c1C. The second-order valence-electron chi connectivity index (χ2n) is 5.67. The van der Waals surface area contributed by atoms with Crippen LogP contribution in [0.5, 0.6) is 0 Å². The lowest BCUT2D eigenvalue weighted by Gasteiger charge is -2.09. The van der Waals surface area contributed by atoms with E-state index in [4.69, 9.17) is 4.74 Å². The van der Waals surface area contributed by atoms with E-state index in [-0.39, 0.29) is 17.9 Å². The molecule has 0 spiro atoms. The molecule has 0 aliphatic rings. The van der Waals surface area contributed by atoms with Gasteiger partial charge >= 0.3 is 0 Å². The number of rotatable bonds is 6. The van der Waals surface area contributed by atoms with Crippen LogP contribution in [0.1, 0.15) is 21.7 Å². The average Bonchev–Trinajstić information content (AvgIpc) is 3.14. The molecule has 0 bridgehead atoms. The number of Topliss-reactive ketones (excluding diaryl/α,β-unsaturated/α-hetero) is 1. The maximum atomic E-state index is 12.7. The van der Waals surface area contributed by atoms with E-state index in [2.05, 4.69) is 9.55 Å². The first-order valence-electron chi connectivity index (χ1n) is 7.64. The van der Waals surface area contributed by atoms with Gasteiger partial charge in [0.2, 0.25) is 0 Å². The van der Waals surface area contributed by atoms with Gasteiger partial charge in [0, 0.05) is 30.6 Å². The smallest absolute Gasteiger partial charge is 0.262 e. The Kier molecular flexibility index (Phi) is 4.64. The van der Waals surface area contributed by atoms with Crippen LogP contribution in [-0.4, -0.2) is 33.6 Å². The third-order valence-corrected chi connectivity index (χ3v) is 4.98. The Morgan fingerprint density at radius 1 is 1.38 bits per heavy atom. The van der Waals surface area contributed by atoms with Crippen LogP contribution in [0, 0.1) is 13.8 Å². The third-order valence-electron chi connectivity index (χ3n) is 4.16. The minimum absolute atomic E-state index is 0.00775. The molecule has 3 aromatic heterocycles. The first-order valence-corrected chi connectivity index (χ1v) is 8.52. The minimum Gasteiger partial charge on any atom is -0.383 e. The van der Waals surface area contributed by atoms with Crippen LogP contribution >= 0.6 is 11.3 Å². The number of aryl methyl sites for hydroxylation is 1. The predicted octanol–water partition coefficient (Wildman–Crippen LogP) is 2.41. The second-order valence-corrected chi connectivity index (χ2v) is 6.56. The summed E-state index contributed by atoms with van der Waals surface area (Å²) in [5.74, 6) is -0.0924. The molecule has 24 heavy (non-hydrogen) atoms. The fourth-order valence-corrected chi connectivity index (χ4v) is 3.58. The number of ether oxygens (including phenoxy) is 1. The molecule has 3 aromatic rings. The van der Waals surface area contributed by atoms with E-state index < -0.39 is 0 Å². The number of aromatic nitrogens is 3. The summed E-state index contributed by atoms with van der Waals surface area (Å²) in [6.07, 6.45) is 1.45. The molecule has 0 fully saturated rings. The van der Waals surface area contributed by atoms with E-state index in [0.29, 0.717) is 28.9 Å². The van der Waals surface area contributed by atoms with Crippen LogP contribution in [0.4, 0.5) is 0 Å². The molecule has 0 saturated heterocycles. The van der Waals surface area contributed by atoms with Gasteiger partial charge in [0.15, 0.2) is 5.78 Å². The summed E-state index contributed by atoms with van der Waals surface area (Å²) >= 11 is 1.42. The molecule has 0 amide bonds. The molecule has 0 atom stereocenters. The van der Waals surface area contributed by atoms with Gasteiger partial charge in [0.1, 0.15) is 4.83 Å². The van der Waals surface area contributed by atoms with E-state index in [1.165, 1.54) is 22.2 Å². The Hall–Kier alpha value is -2.25. The van der Waals surface area contributed by atoms with Crippen molar-refractivity contribution < 1.29 is 9.53 Å². The summed E-state index contributed by atoms with van der Waals surface area (Å²) in [6, 6.07) is 3.61. The lowest BCUT2D eigenvalue weighted by atomic mass is 10.1. The monoisotopic (exact) mass is 345 g/mol. The van der Waals surface area contributed by atoms with Gasteiger partial charge in [-0.3, -0.25) is 14.2 Å². The fraction of sp³-hybridized carbons (Fsp3) is 0.353. The Morgan fingerprint density at radius 3 is 2.92 bits per heavy atom. The highest BCUT2D eigenvalue weighted by Gasteiger charge is 2.17. The Labute approximate surface area is 143 Å².